The summed E-state index contributed by atoms with van der Waals surface area (Å²) in [6.07, 6.45) is 1.96. The molecule has 0 atom stereocenters. The van der Waals surface area contributed by atoms with E-state index in [0.29, 0.717) is 18.0 Å². The predicted molar refractivity (Wildman–Crippen MR) is 69.7 cm³/mol. The molecule has 6 heteroatoms. The van der Waals surface area contributed by atoms with Crippen molar-refractivity contribution in [1.82, 2.24) is 9.62 Å². The number of thiophene rings is 1. The van der Waals surface area contributed by atoms with Crippen LogP contribution in [0.25, 0.3) is 0 Å². The van der Waals surface area contributed by atoms with Gasteiger partial charge in [-0.25, -0.2) is 8.42 Å². The number of hydrogen-bond acceptors (Lipinski definition) is 4. The third-order valence-electron chi connectivity index (χ3n) is 2.88. The fourth-order valence-electron chi connectivity index (χ4n) is 1.91. The van der Waals surface area contributed by atoms with Gasteiger partial charge in [-0.05, 0) is 25.5 Å². The van der Waals surface area contributed by atoms with Gasteiger partial charge in [0.1, 0.15) is 0 Å². The molecule has 0 aromatic carbocycles. The van der Waals surface area contributed by atoms with E-state index in [2.05, 4.69) is 5.32 Å². The molecule has 17 heavy (non-hydrogen) atoms. The number of sulfonamides is 1. The maximum atomic E-state index is 12.2. The second kappa shape index (κ2) is 5.48. The summed E-state index contributed by atoms with van der Waals surface area (Å²) < 4.78 is 26.1. The highest BCUT2D eigenvalue weighted by atomic mass is 32.2. The van der Waals surface area contributed by atoms with Crippen LogP contribution in [0.15, 0.2) is 16.3 Å². The molecule has 1 aliphatic rings. The lowest BCUT2D eigenvalue weighted by molar-refractivity contribution is 0.477. The Kier molecular flexibility index (Phi) is 4.19. The molecule has 0 saturated carbocycles. The highest BCUT2D eigenvalue weighted by Gasteiger charge is 2.27. The van der Waals surface area contributed by atoms with Crippen LogP contribution in [0.3, 0.4) is 0 Å². The monoisotopic (exact) mass is 274 g/mol. The van der Waals surface area contributed by atoms with E-state index in [4.69, 9.17) is 0 Å². The van der Waals surface area contributed by atoms with Gasteiger partial charge in [0.15, 0.2) is 0 Å². The maximum Gasteiger partial charge on any atom is 0.243 e. The Bertz CT molecular complexity index is 462. The summed E-state index contributed by atoms with van der Waals surface area (Å²) in [5, 5.41) is 4.95. The minimum Gasteiger partial charge on any atom is -0.312 e. The fourth-order valence-corrected chi connectivity index (χ4v) is 4.66. The molecule has 1 aliphatic heterocycles. The summed E-state index contributed by atoms with van der Waals surface area (Å²) in [5.41, 5.74) is 0. The molecule has 0 amide bonds. The van der Waals surface area contributed by atoms with Gasteiger partial charge in [0.25, 0.3) is 0 Å². The standard InChI is InChI=1S/C11H18N2O2S2/c1-2-12-8-10-7-11(9-16-10)17(14,15)13-5-3-4-6-13/h7,9,12H,2-6,8H2,1H3. The third-order valence-corrected chi connectivity index (χ3v) is 5.84. The molecule has 1 fully saturated rings. The summed E-state index contributed by atoms with van der Waals surface area (Å²) >= 11 is 1.51. The first kappa shape index (κ1) is 13.0. The van der Waals surface area contributed by atoms with Crippen LogP contribution in [-0.2, 0) is 16.6 Å². The van der Waals surface area contributed by atoms with Crippen molar-refractivity contribution in [1.29, 1.82) is 0 Å². The minimum atomic E-state index is -3.23. The molecule has 0 radical (unpaired) electrons. The molecular weight excluding hydrogens is 256 g/mol. The van der Waals surface area contributed by atoms with Crippen LogP contribution in [-0.4, -0.2) is 32.4 Å². The van der Waals surface area contributed by atoms with Crippen LogP contribution in [0.1, 0.15) is 24.6 Å². The first-order valence-electron chi connectivity index (χ1n) is 5.93. The Labute approximate surface area is 107 Å². The van der Waals surface area contributed by atoms with Gasteiger partial charge in [0.2, 0.25) is 10.0 Å². The van der Waals surface area contributed by atoms with Crippen molar-refractivity contribution in [2.45, 2.75) is 31.2 Å². The van der Waals surface area contributed by atoms with E-state index in [1.165, 1.54) is 11.3 Å². The Morgan fingerprint density at radius 1 is 1.41 bits per heavy atom. The first-order valence-corrected chi connectivity index (χ1v) is 8.25. The second-order valence-electron chi connectivity index (χ2n) is 4.14. The van der Waals surface area contributed by atoms with Gasteiger partial charge in [-0.1, -0.05) is 6.92 Å². The highest BCUT2D eigenvalue weighted by Crippen LogP contribution is 2.25. The zero-order chi connectivity index (χ0) is 12.3. The molecule has 96 valence electrons. The number of rotatable bonds is 5. The molecule has 0 unspecified atom stereocenters. The van der Waals surface area contributed by atoms with Crippen LogP contribution in [0.4, 0.5) is 0 Å². The summed E-state index contributed by atoms with van der Waals surface area (Å²) in [7, 11) is -3.23. The predicted octanol–water partition coefficient (Wildman–Crippen LogP) is 1.64. The van der Waals surface area contributed by atoms with E-state index in [-0.39, 0.29) is 0 Å². The van der Waals surface area contributed by atoms with Crippen LogP contribution in [0.5, 0.6) is 0 Å². The third kappa shape index (κ3) is 2.88. The van der Waals surface area contributed by atoms with Crippen molar-refractivity contribution in [2.24, 2.45) is 0 Å². The Morgan fingerprint density at radius 3 is 2.76 bits per heavy atom. The van der Waals surface area contributed by atoms with Gasteiger partial charge in [-0.2, -0.15) is 4.31 Å². The highest BCUT2D eigenvalue weighted by molar-refractivity contribution is 7.89. The van der Waals surface area contributed by atoms with Crippen molar-refractivity contribution in [3.05, 3.63) is 16.3 Å². The zero-order valence-corrected chi connectivity index (χ0v) is 11.6. The summed E-state index contributed by atoms with van der Waals surface area (Å²) in [6.45, 7) is 5.01. The van der Waals surface area contributed by atoms with Crippen molar-refractivity contribution >= 4 is 21.4 Å². The molecule has 0 aliphatic carbocycles. The van der Waals surface area contributed by atoms with Gasteiger partial charge < -0.3 is 5.32 Å². The topological polar surface area (TPSA) is 49.4 Å². The molecule has 1 aromatic heterocycles. The van der Waals surface area contributed by atoms with Crippen LogP contribution in [0, 0.1) is 0 Å². The average molecular weight is 274 g/mol. The van der Waals surface area contributed by atoms with Crippen LogP contribution >= 0.6 is 11.3 Å². The number of nitrogens with one attached hydrogen (secondary N) is 1. The second-order valence-corrected chi connectivity index (χ2v) is 7.07. The summed E-state index contributed by atoms with van der Waals surface area (Å²) in [6, 6.07) is 1.79. The molecule has 0 bridgehead atoms. The normalized spacial score (nSPS) is 17.7. The minimum absolute atomic E-state index is 0.456. The number of nitrogens with zero attached hydrogens (tertiary/aromatic N) is 1. The molecule has 1 saturated heterocycles. The zero-order valence-electron chi connectivity index (χ0n) is 9.98. The first-order chi connectivity index (χ1) is 8.14. The maximum absolute atomic E-state index is 12.2. The number of hydrogen-bond donors (Lipinski definition) is 1. The van der Waals surface area contributed by atoms with Crippen molar-refractivity contribution in [3.8, 4) is 0 Å². The Hall–Kier alpha value is -0.430. The molecule has 2 heterocycles. The lowest BCUT2D eigenvalue weighted by atomic mass is 10.4. The van der Waals surface area contributed by atoms with E-state index in [9.17, 15) is 8.42 Å². The van der Waals surface area contributed by atoms with Gasteiger partial charge in [0, 0.05) is 29.9 Å². The van der Waals surface area contributed by atoms with E-state index in [0.717, 1.165) is 30.8 Å². The molecule has 4 nitrogen and oxygen atoms in total. The van der Waals surface area contributed by atoms with Crippen molar-refractivity contribution in [3.63, 3.8) is 0 Å². The summed E-state index contributed by atoms with van der Waals surface area (Å²) in [5.74, 6) is 0. The quantitative estimate of drug-likeness (QED) is 0.888. The Balaban J connectivity index is 2.13. The molecule has 1 aromatic rings. The van der Waals surface area contributed by atoms with E-state index in [1.54, 1.807) is 15.8 Å². The largest absolute Gasteiger partial charge is 0.312 e. The SMILES string of the molecule is CCNCc1cc(S(=O)(=O)N2CCCC2)cs1. The van der Waals surface area contributed by atoms with Crippen LogP contribution in [0.2, 0.25) is 0 Å². The van der Waals surface area contributed by atoms with Crippen LogP contribution < -0.4 is 5.32 Å². The van der Waals surface area contributed by atoms with E-state index >= 15 is 0 Å². The van der Waals surface area contributed by atoms with Crippen molar-refractivity contribution < 1.29 is 8.42 Å². The molecular formula is C11H18N2O2S2. The molecule has 0 spiro atoms. The molecule has 1 N–H and O–H groups in total. The van der Waals surface area contributed by atoms with Gasteiger partial charge >= 0.3 is 0 Å². The fraction of sp³-hybridized carbons (Fsp3) is 0.636. The van der Waals surface area contributed by atoms with Gasteiger partial charge in [-0.3, -0.25) is 0 Å². The summed E-state index contributed by atoms with van der Waals surface area (Å²) in [4.78, 5) is 1.53. The van der Waals surface area contributed by atoms with E-state index < -0.39 is 10.0 Å². The smallest absolute Gasteiger partial charge is 0.243 e. The lowest BCUT2D eigenvalue weighted by Crippen LogP contribution is -2.27. The van der Waals surface area contributed by atoms with Gasteiger partial charge in [-0.15, -0.1) is 11.3 Å². The Morgan fingerprint density at radius 2 is 2.12 bits per heavy atom. The van der Waals surface area contributed by atoms with E-state index in [1.807, 2.05) is 6.92 Å². The van der Waals surface area contributed by atoms with Gasteiger partial charge in [0.05, 0.1) is 4.90 Å². The van der Waals surface area contributed by atoms with Crippen molar-refractivity contribution in [2.75, 3.05) is 19.6 Å². The average Bonchev–Trinajstić information content (AvgIpc) is 2.97. The lowest BCUT2D eigenvalue weighted by Gasteiger charge is -2.13. The molecule has 2 rings (SSSR count).